The van der Waals surface area contributed by atoms with Gasteiger partial charge in [-0.2, -0.15) is 0 Å². The first-order chi connectivity index (χ1) is 8.38. The third-order valence-corrected chi connectivity index (χ3v) is 3.50. The average Bonchev–Trinajstić information content (AvgIpc) is 2.97. The zero-order valence-corrected chi connectivity index (χ0v) is 9.63. The van der Waals surface area contributed by atoms with Crippen LogP contribution in [0.5, 0.6) is 5.88 Å². The number of rotatable bonds is 3. The van der Waals surface area contributed by atoms with E-state index in [9.17, 15) is 0 Å². The topological polar surface area (TPSA) is 61.3 Å². The molecule has 3 rings (SSSR count). The molecule has 2 atom stereocenters. The molecule has 1 saturated carbocycles. The lowest BCUT2D eigenvalue weighted by Gasteiger charge is -2.19. The lowest BCUT2D eigenvalue weighted by atomic mass is 10.1. The number of hydrogen-bond acceptors (Lipinski definition) is 4. The van der Waals surface area contributed by atoms with Crippen LogP contribution in [0.4, 0.5) is 0 Å². The first-order valence-electron chi connectivity index (χ1n) is 6.07. The van der Waals surface area contributed by atoms with Crippen molar-refractivity contribution in [3.8, 4) is 5.88 Å². The van der Waals surface area contributed by atoms with Crippen LogP contribution in [0.2, 0.25) is 0 Å². The van der Waals surface area contributed by atoms with E-state index in [1.54, 1.807) is 12.5 Å². The molecule has 0 radical (unpaired) electrons. The normalized spacial score (nSPS) is 24.3. The highest BCUT2D eigenvalue weighted by Gasteiger charge is 2.28. The van der Waals surface area contributed by atoms with Gasteiger partial charge in [-0.15, -0.1) is 0 Å². The molecule has 2 aromatic heterocycles. The highest BCUT2D eigenvalue weighted by atomic mass is 16.5. The van der Waals surface area contributed by atoms with Gasteiger partial charge in [0.25, 0.3) is 0 Å². The van der Waals surface area contributed by atoms with Crippen LogP contribution in [0.25, 0.3) is 11.0 Å². The van der Waals surface area contributed by atoms with Gasteiger partial charge in [0.15, 0.2) is 0 Å². The molecular weight excluding hydrogens is 216 g/mol. The van der Waals surface area contributed by atoms with E-state index in [-0.39, 0.29) is 6.10 Å². The Morgan fingerprint density at radius 2 is 2.35 bits per heavy atom. The van der Waals surface area contributed by atoms with Gasteiger partial charge in [0.1, 0.15) is 11.7 Å². The summed E-state index contributed by atoms with van der Waals surface area (Å²) in [5.74, 6) is 1.13. The molecule has 2 aromatic rings. The molecule has 2 N–H and O–H groups in total. The molecule has 2 heterocycles. The van der Waals surface area contributed by atoms with E-state index in [1.807, 2.05) is 12.1 Å². The smallest absolute Gasteiger partial charge is 0.224 e. The number of fused-ring (bicyclic) bond motifs is 1. The maximum absolute atomic E-state index is 6.00. The van der Waals surface area contributed by atoms with Crippen molar-refractivity contribution in [3.63, 3.8) is 0 Å². The molecule has 17 heavy (non-hydrogen) atoms. The van der Waals surface area contributed by atoms with E-state index in [0.717, 1.165) is 23.8 Å². The van der Waals surface area contributed by atoms with E-state index in [1.165, 1.54) is 6.42 Å². The monoisotopic (exact) mass is 232 g/mol. The summed E-state index contributed by atoms with van der Waals surface area (Å²) >= 11 is 0. The van der Waals surface area contributed by atoms with Crippen molar-refractivity contribution in [2.45, 2.75) is 25.4 Å². The van der Waals surface area contributed by atoms with Crippen molar-refractivity contribution in [2.75, 3.05) is 6.54 Å². The molecule has 4 nitrogen and oxygen atoms in total. The zero-order valence-electron chi connectivity index (χ0n) is 9.63. The molecule has 0 amide bonds. The predicted octanol–water partition coefficient (Wildman–Crippen LogP) is 2.33. The summed E-state index contributed by atoms with van der Waals surface area (Å²) in [5, 5.41) is 0.940. The molecule has 0 bridgehead atoms. The van der Waals surface area contributed by atoms with E-state index >= 15 is 0 Å². The minimum Gasteiger partial charge on any atom is -0.473 e. The van der Waals surface area contributed by atoms with Crippen LogP contribution in [0.1, 0.15) is 19.3 Å². The minimum atomic E-state index is 0.202. The van der Waals surface area contributed by atoms with Crippen LogP contribution >= 0.6 is 0 Å². The largest absolute Gasteiger partial charge is 0.473 e. The third-order valence-electron chi connectivity index (χ3n) is 3.50. The SMILES string of the molecule is NCC1CCCC1Oc1nccc2occc12. The summed E-state index contributed by atoms with van der Waals surface area (Å²) in [6, 6.07) is 3.74. The first-order valence-corrected chi connectivity index (χ1v) is 6.07. The number of aromatic nitrogens is 1. The number of hydrogen-bond donors (Lipinski definition) is 1. The van der Waals surface area contributed by atoms with Gasteiger partial charge in [-0.25, -0.2) is 4.98 Å². The van der Waals surface area contributed by atoms with Crippen molar-refractivity contribution in [3.05, 3.63) is 24.6 Å². The average molecular weight is 232 g/mol. The highest BCUT2D eigenvalue weighted by molar-refractivity contribution is 5.81. The Hall–Kier alpha value is -1.55. The van der Waals surface area contributed by atoms with Crippen LogP contribution in [0, 0.1) is 5.92 Å². The molecule has 0 aromatic carbocycles. The molecule has 1 aliphatic rings. The zero-order chi connectivity index (χ0) is 11.7. The van der Waals surface area contributed by atoms with E-state index in [4.69, 9.17) is 14.9 Å². The fourth-order valence-electron chi connectivity index (χ4n) is 2.53. The number of ether oxygens (including phenoxy) is 1. The summed E-state index contributed by atoms with van der Waals surface area (Å²) < 4.78 is 11.3. The van der Waals surface area contributed by atoms with Crippen LogP contribution in [-0.4, -0.2) is 17.6 Å². The second-order valence-corrected chi connectivity index (χ2v) is 4.53. The van der Waals surface area contributed by atoms with Crippen molar-refractivity contribution in [1.82, 2.24) is 4.98 Å². The Kier molecular flexibility index (Phi) is 2.73. The van der Waals surface area contributed by atoms with Gasteiger partial charge in [-0.3, -0.25) is 0 Å². The quantitative estimate of drug-likeness (QED) is 0.882. The number of furan rings is 1. The lowest BCUT2D eigenvalue weighted by Crippen LogP contribution is -2.27. The molecule has 0 saturated heterocycles. The summed E-state index contributed by atoms with van der Waals surface area (Å²) in [4.78, 5) is 4.29. The Morgan fingerprint density at radius 3 is 3.24 bits per heavy atom. The van der Waals surface area contributed by atoms with E-state index in [2.05, 4.69) is 4.98 Å². The van der Waals surface area contributed by atoms with Crippen LogP contribution in [0.15, 0.2) is 29.0 Å². The van der Waals surface area contributed by atoms with Crippen molar-refractivity contribution >= 4 is 11.0 Å². The molecule has 2 unspecified atom stereocenters. The maximum atomic E-state index is 6.00. The summed E-state index contributed by atoms with van der Waals surface area (Å²) in [6.45, 7) is 0.687. The van der Waals surface area contributed by atoms with Crippen LogP contribution in [-0.2, 0) is 0 Å². The van der Waals surface area contributed by atoms with Crippen molar-refractivity contribution < 1.29 is 9.15 Å². The highest BCUT2D eigenvalue weighted by Crippen LogP contribution is 2.31. The number of nitrogens with zero attached hydrogens (tertiary/aromatic N) is 1. The van der Waals surface area contributed by atoms with E-state index < -0.39 is 0 Å². The fraction of sp³-hybridized carbons (Fsp3) is 0.462. The molecule has 0 aliphatic heterocycles. The molecular formula is C13H16N2O2. The van der Waals surface area contributed by atoms with Gasteiger partial charge in [-0.1, -0.05) is 0 Å². The van der Waals surface area contributed by atoms with Gasteiger partial charge < -0.3 is 14.9 Å². The third kappa shape index (κ3) is 1.89. The number of pyridine rings is 1. The first kappa shape index (κ1) is 10.6. The van der Waals surface area contributed by atoms with Gasteiger partial charge in [0.05, 0.1) is 11.6 Å². The summed E-state index contributed by atoms with van der Waals surface area (Å²) in [7, 11) is 0. The van der Waals surface area contributed by atoms with Crippen molar-refractivity contribution in [2.24, 2.45) is 11.7 Å². The Morgan fingerprint density at radius 1 is 1.41 bits per heavy atom. The van der Waals surface area contributed by atoms with Gasteiger partial charge >= 0.3 is 0 Å². The van der Waals surface area contributed by atoms with Crippen LogP contribution in [0.3, 0.4) is 0 Å². The fourth-order valence-corrected chi connectivity index (χ4v) is 2.53. The standard InChI is InChI=1S/C13H16N2O2/c14-8-9-2-1-3-11(9)17-13-10-5-7-16-12(10)4-6-15-13/h4-7,9,11H,1-3,8,14H2. The van der Waals surface area contributed by atoms with Gasteiger partial charge in [0, 0.05) is 12.1 Å². The van der Waals surface area contributed by atoms with Gasteiger partial charge in [-0.05, 0) is 37.9 Å². The molecule has 0 spiro atoms. The van der Waals surface area contributed by atoms with Crippen molar-refractivity contribution in [1.29, 1.82) is 0 Å². The van der Waals surface area contributed by atoms with Crippen LogP contribution < -0.4 is 10.5 Å². The molecule has 1 fully saturated rings. The molecule has 1 aliphatic carbocycles. The lowest BCUT2D eigenvalue weighted by molar-refractivity contribution is 0.158. The predicted molar refractivity (Wildman–Crippen MR) is 64.8 cm³/mol. The molecule has 4 heteroatoms. The molecule has 90 valence electrons. The second kappa shape index (κ2) is 4.37. The summed E-state index contributed by atoms with van der Waals surface area (Å²) in [5.41, 5.74) is 6.57. The maximum Gasteiger partial charge on any atom is 0.224 e. The number of nitrogens with two attached hydrogens (primary N) is 1. The Bertz CT molecular complexity index is 509. The van der Waals surface area contributed by atoms with Gasteiger partial charge in [0.2, 0.25) is 5.88 Å². The second-order valence-electron chi connectivity index (χ2n) is 4.53. The Balaban J connectivity index is 1.87. The summed E-state index contributed by atoms with van der Waals surface area (Å²) in [6.07, 6.45) is 6.99. The minimum absolute atomic E-state index is 0.202. The Labute approximate surface area is 99.8 Å². The van der Waals surface area contributed by atoms with E-state index in [0.29, 0.717) is 18.3 Å².